The van der Waals surface area contributed by atoms with Crippen molar-refractivity contribution in [3.8, 4) is 5.75 Å². The molecule has 0 heterocycles. The van der Waals surface area contributed by atoms with Crippen molar-refractivity contribution in [3.63, 3.8) is 0 Å². The van der Waals surface area contributed by atoms with Crippen LogP contribution in [0.5, 0.6) is 5.75 Å². The van der Waals surface area contributed by atoms with Crippen molar-refractivity contribution in [3.05, 3.63) is 28.8 Å². The Morgan fingerprint density at radius 3 is 2.28 bits per heavy atom. The van der Waals surface area contributed by atoms with Crippen LogP contribution in [0.1, 0.15) is 51.3 Å². The van der Waals surface area contributed by atoms with Gasteiger partial charge in [-0.05, 0) is 12.3 Å². The zero-order valence-electron chi connectivity index (χ0n) is 12.8. The van der Waals surface area contributed by atoms with E-state index in [1.54, 1.807) is 7.11 Å². The van der Waals surface area contributed by atoms with Crippen molar-refractivity contribution in [2.24, 2.45) is 0 Å². The van der Waals surface area contributed by atoms with Gasteiger partial charge in [-0.25, -0.2) is 0 Å². The minimum absolute atomic E-state index is 0.101. The Morgan fingerprint density at radius 1 is 1.22 bits per heavy atom. The molecule has 0 bridgehead atoms. The molecule has 1 aromatic rings. The maximum absolute atomic E-state index is 5.65. The van der Waals surface area contributed by atoms with Crippen molar-refractivity contribution in [2.75, 3.05) is 7.11 Å². The van der Waals surface area contributed by atoms with Crippen molar-refractivity contribution in [1.29, 1.82) is 0 Å². The summed E-state index contributed by atoms with van der Waals surface area (Å²) in [6, 6.07) is 4.93. The third kappa shape index (κ3) is 3.74. The van der Waals surface area contributed by atoms with Gasteiger partial charge < -0.3 is 10.1 Å². The van der Waals surface area contributed by atoms with Gasteiger partial charge in [0.05, 0.1) is 7.11 Å². The lowest BCUT2D eigenvalue weighted by Crippen LogP contribution is -2.23. The Kier molecular flexibility index (Phi) is 4.80. The summed E-state index contributed by atoms with van der Waals surface area (Å²) in [4.78, 5) is 0. The average Bonchev–Trinajstić information content (AvgIpc) is 2.24. The summed E-state index contributed by atoms with van der Waals surface area (Å²) in [5.74, 6) is 1.03. The standard InChI is InChI=1S/C16H27NO/c1-11(2)17-10-13-8-12(3)9-14(15(13)18-7)16(4,5)6/h8-9,11,17H,10H2,1-7H3. The molecule has 18 heavy (non-hydrogen) atoms. The van der Waals surface area contributed by atoms with E-state index in [9.17, 15) is 0 Å². The monoisotopic (exact) mass is 249 g/mol. The molecule has 0 aliphatic carbocycles. The molecule has 1 N–H and O–H groups in total. The quantitative estimate of drug-likeness (QED) is 0.876. The maximum Gasteiger partial charge on any atom is 0.127 e. The lowest BCUT2D eigenvalue weighted by molar-refractivity contribution is 0.389. The molecule has 0 unspecified atom stereocenters. The highest BCUT2D eigenvalue weighted by Gasteiger charge is 2.21. The number of aryl methyl sites for hydroxylation is 1. The van der Waals surface area contributed by atoms with Crippen molar-refractivity contribution < 1.29 is 4.74 Å². The SMILES string of the molecule is COc1c(CNC(C)C)cc(C)cc1C(C)(C)C. The normalized spacial score (nSPS) is 12.0. The lowest BCUT2D eigenvalue weighted by atomic mass is 9.84. The summed E-state index contributed by atoms with van der Waals surface area (Å²) in [6.07, 6.45) is 0. The van der Waals surface area contributed by atoms with E-state index in [-0.39, 0.29) is 5.41 Å². The van der Waals surface area contributed by atoms with E-state index in [0.717, 1.165) is 12.3 Å². The van der Waals surface area contributed by atoms with Gasteiger partial charge in [0.25, 0.3) is 0 Å². The summed E-state index contributed by atoms with van der Waals surface area (Å²) in [7, 11) is 1.76. The predicted octanol–water partition coefficient (Wildman–Crippen LogP) is 3.80. The fourth-order valence-electron chi connectivity index (χ4n) is 2.09. The molecule has 0 atom stereocenters. The van der Waals surface area contributed by atoms with E-state index >= 15 is 0 Å². The van der Waals surface area contributed by atoms with Gasteiger partial charge in [-0.3, -0.25) is 0 Å². The number of hydrogen-bond acceptors (Lipinski definition) is 2. The largest absolute Gasteiger partial charge is 0.496 e. The Bertz CT molecular complexity index is 402. The third-order valence-corrected chi connectivity index (χ3v) is 3.02. The molecule has 0 aromatic heterocycles. The number of methoxy groups -OCH3 is 1. The zero-order valence-corrected chi connectivity index (χ0v) is 12.8. The molecule has 0 fully saturated rings. The lowest BCUT2D eigenvalue weighted by Gasteiger charge is -2.25. The van der Waals surface area contributed by atoms with Gasteiger partial charge in [0.1, 0.15) is 5.75 Å². The second-order valence-electron chi connectivity index (χ2n) is 6.29. The molecule has 0 saturated heterocycles. The summed E-state index contributed by atoms with van der Waals surface area (Å²) >= 11 is 0. The van der Waals surface area contributed by atoms with Crippen LogP contribution < -0.4 is 10.1 Å². The second kappa shape index (κ2) is 5.75. The van der Waals surface area contributed by atoms with Gasteiger partial charge in [-0.1, -0.05) is 52.3 Å². The Labute approximate surface area is 112 Å². The van der Waals surface area contributed by atoms with Crippen LogP contribution in [0.3, 0.4) is 0 Å². The van der Waals surface area contributed by atoms with E-state index < -0.39 is 0 Å². The molecule has 1 rings (SSSR count). The highest BCUT2D eigenvalue weighted by molar-refractivity contribution is 5.47. The fraction of sp³-hybridized carbons (Fsp3) is 0.625. The molecule has 0 aliphatic heterocycles. The molecule has 0 amide bonds. The molecule has 0 spiro atoms. The van der Waals surface area contributed by atoms with E-state index in [1.807, 2.05) is 0 Å². The Balaban J connectivity index is 3.21. The minimum Gasteiger partial charge on any atom is -0.496 e. The minimum atomic E-state index is 0.101. The average molecular weight is 249 g/mol. The van der Waals surface area contributed by atoms with Crippen LogP contribution in [0.25, 0.3) is 0 Å². The van der Waals surface area contributed by atoms with Crippen LogP contribution in [0.4, 0.5) is 0 Å². The number of nitrogens with one attached hydrogen (secondary N) is 1. The third-order valence-electron chi connectivity index (χ3n) is 3.02. The van der Waals surface area contributed by atoms with Crippen LogP contribution >= 0.6 is 0 Å². The van der Waals surface area contributed by atoms with Crippen molar-refractivity contribution in [2.45, 2.75) is 59.5 Å². The summed E-state index contributed by atoms with van der Waals surface area (Å²) in [6.45, 7) is 14.0. The van der Waals surface area contributed by atoms with Gasteiger partial charge >= 0.3 is 0 Å². The molecule has 2 heteroatoms. The first kappa shape index (κ1) is 15.0. The molecular formula is C16H27NO. The zero-order chi connectivity index (χ0) is 13.9. The van der Waals surface area contributed by atoms with E-state index in [0.29, 0.717) is 6.04 Å². The van der Waals surface area contributed by atoms with Crippen molar-refractivity contribution in [1.82, 2.24) is 5.32 Å². The van der Waals surface area contributed by atoms with E-state index in [2.05, 4.69) is 59.0 Å². The van der Waals surface area contributed by atoms with Gasteiger partial charge in [0.2, 0.25) is 0 Å². The first-order valence-electron chi connectivity index (χ1n) is 6.67. The highest BCUT2D eigenvalue weighted by Crippen LogP contribution is 2.35. The van der Waals surface area contributed by atoms with Crippen LogP contribution in [0.2, 0.25) is 0 Å². The van der Waals surface area contributed by atoms with Crippen LogP contribution in [-0.2, 0) is 12.0 Å². The van der Waals surface area contributed by atoms with E-state index in [4.69, 9.17) is 4.74 Å². The molecule has 102 valence electrons. The summed E-state index contributed by atoms with van der Waals surface area (Å²) in [5.41, 5.74) is 3.92. The number of hydrogen-bond donors (Lipinski definition) is 1. The Hall–Kier alpha value is -1.02. The smallest absolute Gasteiger partial charge is 0.127 e. The highest BCUT2D eigenvalue weighted by atomic mass is 16.5. The van der Waals surface area contributed by atoms with Gasteiger partial charge in [-0.2, -0.15) is 0 Å². The first-order chi connectivity index (χ1) is 8.25. The molecular weight excluding hydrogens is 222 g/mol. The summed E-state index contributed by atoms with van der Waals surface area (Å²) in [5, 5.41) is 3.46. The van der Waals surface area contributed by atoms with Gasteiger partial charge in [0.15, 0.2) is 0 Å². The molecule has 1 aromatic carbocycles. The fourth-order valence-corrected chi connectivity index (χ4v) is 2.09. The second-order valence-corrected chi connectivity index (χ2v) is 6.29. The number of benzene rings is 1. The van der Waals surface area contributed by atoms with Gasteiger partial charge in [-0.15, -0.1) is 0 Å². The van der Waals surface area contributed by atoms with Crippen molar-refractivity contribution >= 4 is 0 Å². The van der Waals surface area contributed by atoms with Crippen LogP contribution in [0.15, 0.2) is 12.1 Å². The predicted molar refractivity (Wildman–Crippen MR) is 78.4 cm³/mol. The number of ether oxygens (including phenoxy) is 1. The number of rotatable bonds is 4. The first-order valence-corrected chi connectivity index (χ1v) is 6.67. The van der Waals surface area contributed by atoms with E-state index in [1.165, 1.54) is 16.7 Å². The maximum atomic E-state index is 5.65. The Morgan fingerprint density at radius 2 is 1.83 bits per heavy atom. The van der Waals surface area contributed by atoms with Gasteiger partial charge in [0, 0.05) is 23.7 Å². The summed E-state index contributed by atoms with van der Waals surface area (Å²) < 4.78 is 5.65. The topological polar surface area (TPSA) is 21.3 Å². The van der Waals surface area contributed by atoms with Crippen LogP contribution in [-0.4, -0.2) is 13.2 Å². The molecule has 0 aliphatic rings. The molecule has 2 nitrogen and oxygen atoms in total. The molecule has 0 radical (unpaired) electrons. The van der Waals surface area contributed by atoms with Crippen LogP contribution in [0, 0.1) is 6.92 Å². The molecule has 0 saturated carbocycles.